The van der Waals surface area contributed by atoms with Crippen molar-refractivity contribution in [3.05, 3.63) is 33.8 Å². The van der Waals surface area contributed by atoms with Crippen LogP contribution in [0.4, 0.5) is 0 Å². The van der Waals surface area contributed by atoms with Gasteiger partial charge < -0.3 is 4.74 Å². The SMILES string of the molecule is CCOC(=O)C(NC(C)C)c1ccc(C)c(Br)c1. The lowest BCUT2D eigenvalue weighted by atomic mass is 10.0. The zero-order chi connectivity index (χ0) is 13.7. The van der Waals surface area contributed by atoms with Crippen LogP contribution in [0.5, 0.6) is 0 Å². The second-order valence-electron chi connectivity index (χ2n) is 4.52. The number of carbonyl (C=O) groups is 1. The summed E-state index contributed by atoms with van der Waals surface area (Å²) in [6, 6.07) is 5.71. The molecule has 1 N–H and O–H groups in total. The second-order valence-corrected chi connectivity index (χ2v) is 5.37. The van der Waals surface area contributed by atoms with Crippen LogP contribution >= 0.6 is 15.9 Å². The van der Waals surface area contributed by atoms with Gasteiger partial charge in [0, 0.05) is 10.5 Å². The standard InChI is InChI=1S/C14H20BrNO2/c1-5-18-14(17)13(16-9(2)3)11-7-6-10(4)12(15)8-11/h6-9,13,16H,5H2,1-4H3. The van der Waals surface area contributed by atoms with Crippen molar-refractivity contribution >= 4 is 21.9 Å². The molecular weight excluding hydrogens is 294 g/mol. The third-order valence-electron chi connectivity index (χ3n) is 2.55. The first-order chi connectivity index (χ1) is 8.45. The first kappa shape index (κ1) is 15.2. The van der Waals surface area contributed by atoms with E-state index in [2.05, 4.69) is 21.2 Å². The van der Waals surface area contributed by atoms with Gasteiger partial charge in [-0.1, -0.05) is 28.1 Å². The van der Waals surface area contributed by atoms with E-state index in [-0.39, 0.29) is 12.0 Å². The highest BCUT2D eigenvalue weighted by atomic mass is 79.9. The van der Waals surface area contributed by atoms with E-state index in [0.29, 0.717) is 6.61 Å². The van der Waals surface area contributed by atoms with Gasteiger partial charge in [0.2, 0.25) is 0 Å². The van der Waals surface area contributed by atoms with E-state index in [9.17, 15) is 4.79 Å². The normalized spacial score (nSPS) is 12.6. The lowest BCUT2D eigenvalue weighted by molar-refractivity contribution is -0.146. The first-order valence-electron chi connectivity index (χ1n) is 6.14. The van der Waals surface area contributed by atoms with Crippen LogP contribution in [0.2, 0.25) is 0 Å². The molecule has 3 nitrogen and oxygen atoms in total. The van der Waals surface area contributed by atoms with Crippen molar-refractivity contribution in [2.75, 3.05) is 6.61 Å². The van der Waals surface area contributed by atoms with E-state index in [1.807, 2.05) is 45.9 Å². The molecule has 0 spiro atoms. The number of hydrogen-bond donors (Lipinski definition) is 1. The molecule has 1 unspecified atom stereocenters. The van der Waals surface area contributed by atoms with Gasteiger partial charge in [0.1, 0.15) is 6.04 Å². The Bertz CT molecular complexity index is 418. The minimum Gasteiger partial charge on any atom is -0.465 e. The molecule has 0 heterocycles. The molecule has 0 fully saturated rings. The zero-order valence-electron chi connectivity index (χ0n) is 11.3. The molecule has 0 bridgehead atoms. The van der Waals surface area contributed by atoms with Crippen LogP contribution in [0.25, 0.3) is 0 Å². The van der Waals surface area contributed by atoms with Crippen molar-refractivity contribution in [1.29, 1.82) is 0 Å². The number of benzene rings is 1. The van der Waals surface area contributed by atoms with Crippen molar-refractivity contribution in [1.82, 2.24) is 5.32 Å². The maximum atomic E-state index is 12.0. The highest BCUT2D eigenvalue weighted by molar-refractivity contribution is 9.10. The maximum Gasteiger partial charge on any atom is 0.327 e. The van der Waals surface area contributed by atoms with E-state index < -0.39 is 6.04 Å². The minimum absolute atomic E-state index is 0.208. The summed E-state index contributed by atoms with van der Waals surface area (Å²) in [6.45, 7) is 8.24. The molecule has 18 heavy (non-hydrogen) atoms. The van der Waals surface area contributed by atoms with Crippen molar-refractivity contribution < 1.29 is 9.53 Å². The fraction of sp³-hybridized carbons (Fsp3) is 0.500. The van der Waals surface area contributed by atoms with Crippen LogP contribution < -0.4 is 5.32 Å². The van der Waals surface area contributed by atoms with E-state index >= 15 is 0 Å². The van der Waals surface area contributed by atoms with Crippen molar-refractivity contribution in [3.63, 3.8) is 0 Å². The van der Waals surface area contributed by atoms with Gasteiger partial charge in [0.25, 0.3) is 0 Å². The number of nitrogens with one attached hydrogen (secondary N) is 1. The first-order valence-corrected chi connectivity index (χ1v) is 6.93. The number of aryl methyl sites for hydroxylation is 1. The van der Waals surface area contributed by atoms with Crippen molar-refractivity contribution in [3.8, 4) is 0 Å². The quantitative estimate of drug-likeness (QED) is 0.847. The Morgan fingerprint density at radius 3 is 2.61 bits per heavy atom. The van der Waals surface area contributed by atoms with Crippen LogP contribution in [0, 0.1) is 6.92 Å². The molecule has 0 aliphatic carbocycles. The van der Waals surface area contributed by atoms with Crippen LogP contribution in [0.1, 0.15) is 37.9 Å². The highest BCUT2D eigenvalue weighted by Gasteiger charge is 2.22. The second kappa shape index (κ2) is 6.90. The highest BCUT2D eigenvalue weighted by Crippen LogP contribution is 2.23. The lowest BCUT2D eigenvalue weighted by Crippen LogP contribution is -2.34. The topological polar surface area (TPSA) is 38.3 Å². The van der Waals surface area contributed by atoms with E-state index in [1.54, 1.807) is 0 Å². The van der Waals surface area contributed by atoms with Gasteiger partial charge in [0.15, 0.2) is 0 Å². The number of carbonyl (C=O) groups excluding carboxylic acids is 1. The predicted molar refractivity (Wildman–Crippen MR) is 76.5 cm³/mol. The molecule has 0 radical (unpaired) electrons. The minimum atomic E-state index is -0.415. The molecule has 1 rings (SSSR count). The van der Waals surface area contributed by atoms with Crippen LogP contribution in [0.3, 0.4) is 0 Å². The molecule has 1 aromatic carbocycles. The average Bonchev–Trinajstić information content (AvgIpc) is 2.30. The van der Waals surface area contributed by atoms with E-state index in [0.717, 1.165) is 15.6 Å². The Balaban J connectivity index is 3.00. The zero-order valence-corrected chi connectivity index (χ0v) is 12.9. The third-order valence-corrected chi connectivity index (χ3v) is 3.41. The Labute approximate surface area is 117 Å². The van der Waals surface area contributed by atoms with Gasteiger partial charge in [-0.3, -0.25) is 5.32 Å². The summed E-state index contributed by atoms with van der Waals surface area (Å²) in [5.41, 5.74) is 2.06. The van der Waals surface area contributed by atoms with Crippen LogP contribution in [0.15, 0.2) is 22.7 Å². The summed E-state index contributed by atoms with van der Waals surface area (Å²) < 4.78 is 6.11. The predicted octanol–water partition coefficient (Wildman–Crippen LogP) is 3.36. The summed E-state index contributed by atoms with van der Waals surface area (Å²) >= 11 is 3.49. The summed E-state index contributed by atoms with van der Waals surface area (Å²) in [4.78, 5) is 12.0. The average molecular weight is 314 g/mol. The molecule has 1 atom stereocenters. The van der Waals surface area contributed by atoms with Gasteiger partial charge in [-0.05, 0) is 44.9 Å². The van der Waals surface area contributed by atoms with Gasteiger partial charge in [-0.25, -0.2) is 4.79 Å². The Kier molecular flexibility index (Phi) is 5.82. The monoisotopic (exact) mass is 313 g/mol. The van der Waals surface area contributed by atoms with Crippen molar-refractivity contribution in [2.45, 2.75) is 39.8 Å². The summed E-state index contributed by atoms with van der Waals surface area (Å²) in [7, 11) is 0. The Hall–Kier alpha value is -0.870. The Morgan fingerprint density at radius 2 is 2.11 bits per heavy atom. The molecule has 0 aliphatic rings. The largest absolute Gasteiger partial charge is 0.465 e. The third kappa shape index (κ3) is 4.10. The lowest BCUT2D eigenvalue weighted by Gasteiger charge is -2.20. The molecule has 1 aromatic rings. The molecule has 0 saturated carbocycles. The fourth-order valence-electron chi connectivity index (χ4n) is 1.65. The van der Waals surface area contributed by atoms with Crippen LogP contribution in [-0.2, 0) is 9.53 Å². The van der Waals surface area contributed by atoms with E-state index in [1.165, 1.54) is 0 Å². The molecule has 0 amide bonds. The number of esters is 1. The number of rotatable bonds is 5. The molecule has 0 aliphatic heterocycles. The van der Waals surface area contributed by atoms with Crippen LogP contribution in [-0.4, -0.2) is 18.6 Å². The molecule has 100 valence electrons. The molecular formula is C14H20BrNO2. The number of halogens is 1. The smallest absolute Gasteiger partial charge is 0.327 e. The number of hydrogen-bond acceptors (Lipinski definition) is 3. The van der Waals surface area contributed by atoms with Gasteiger partial charge in [0.05, 0.1) is 6.61 Å². The summed E-state index contributed by atoms with van der Waals surface area (Å²) in [5, 5.41) is 3.23. The fourth-order valence-corrected chi connectivity index (χ4v) is 2.04. The number of ether oxygens (including phenoxy) is 1. The summed E-state index contributed by atoms with van der Waals surface area (Å²) in [6.07, 6.45) is 0. The maximum absolute atomic E-state index is 12.0. The van der Waals surface area contributed by atoms with Crippen molar-refractivity contribution in [2.24, 2.45) is 0 Å². The van der Waals surface area contributed by atoms with E-state index in [4.69, 9.17) is 4.74 Å². The molecule has 4 heteroatoms. The molecule has 0 aromatic heterocycles. The Morgan fingerprint density at radius 1 is 1.44 bits per heavy atom. The van der Waals surface area contributed by atoms with Gasteiger partial charge in [-0.2, -0.15) is 0 Å². The van der Waals surface area contributed by atoms with Gasteiger partial charge >= 0.3 is 5.97 Å². The van der Waals surface area contributed by atoms with Gasteiger partial charge in [-0.15, -0.1) is 0 Å². The molecule has 0 saturated heterocycles. The summed E-state index contributed by atoms with van der Waals surface area (Å²) in [5.74, 6) is -0.234.